The van der Waals surface area contributed by atoms with E-state index < -0.39 is 0 Å². The molecule has 0 radical (unpaired) electrons. The molecule has 1 atom stereocenters. The van der Waals surface area contributed by atoms with E-state index in [1.807, 2.05) is 11.0 Å². The standard InChI is InChI=1S/C12H14N4O2/c1-18-11(17)9-3-2-6-16(8-9)12-14-5-4-10(7-13)15-12/h4-5,9H,2-3,6,8H2,1H3. The van der Waals surface area contributed by atoms with Gasteiger partial charge in [-0.3, -0.25) is 4.79 Å². The van der Waals surface area contributed by atoms with Crippen molar-refractivity contribution in [1.82, 2.24) is 9.97 Å². The summed E-state index contributed by atoms with van der Waals surface area (Å²) in [5.41, 5.74) is 0.334. The lowest BCUT2D eigenvalue weighted by Crippen LogP contribution is -2.40. The smallest absolute Gasteiger partial charge is 0.310 e. The third-order valence-corrected chi connectivity index (χ3v) is 3.00. The molecule has 1 saturated heterocycles. The number of ether oxygens (including phenoxy) is 1. The Balaban J connectivity index is 2.13. The Hall–Kier alpha value is -2.16. The lowest BCUT2D eigenvalue weighted by Gasteiger charge is -2.31. The fraction of sp³-hybridized carbons (Fsp3) is 0.500. The number of esters is 1. The molecule has 0 bridgehead atoms. The number of nitriles is 1. The minimum absolute atomic E-state index is 0.141. The van der Waals surface area contributed by atoms with Crippen LogP contribution in [-0.2, 0) is 9.53 Å². The van der Waals surface area contributed by atoms with Crippen LogP contribution in [0, 0.1) is 17.2 Å². The predicted octanol–water partition coefficient (Wildman–Crippen LogP) is 0.738. The minimum Gasteiger partial charge on any atom is -0.469 e. The maximum absolute atomic E-state index is 11.5. The van der Waals surface area contributed by atoms with Crippen molar-refractivity contribution >= 4 is 11.9 Å². The first-order valence-corrected chi connectivity index (χ1v) is 5.80. The van der Waals surface area contributed by atoms with Crippen molar-refractivity contribution in [2.75, 3.05) is 25.1 Å². The molecule has 1 unspecified atom stereocenters. The summed E-state index contributed by atoms with van der Waals surface area (Å²) < 4.78 is 4.76. The molecular formula is C12H14N4O2. The van der Waals surface area contributed by atoms with Crippen molar-refractivity contribution in [3.05, 3.63) is 18.0 Å². The monoisotopic (exact) mass is 246 g/mol. The zero-order chi connectivity index (χ0) is 13.0. The summed E-state index contributed by atoms with van der Waals surface area (Å²) in [5.74, 6) is 0.164. The maximum atomic E-state index is 11.5. The largest absolute Gasteiger partial charge is 0.469 e. The zero-order valence-electron chi connectivity index (χ0n) is 10.2. The van der Waals surface area contributed by atoms with Gasteiger partial charge in [-0.15, -0.1) is 0 Å². The van der Waals surface area contributed by atoms with Crippen molar-refractivity contribution in [2.45, 2.75) is 12.8 Å². The highest BCUT2D eigenvalue weighted by atomic mass is 16.5. The van der Waals surface area contributed by atoms with Gasteiger partial charge < -0.3 is 9.64 Å². The van der Waals surface area contributed by atoms with E-state index in [1.165, 1.54) is 7.11 Å². The van der Waals surface area contributed by atoms with Gasteiger partial charge in [0, 0.05) is 19.3 Å². The van der Waals surface area contributed by atoms with Crippen LogP contribution in [0.3, 0.4) is 0 Å². The lowest BCUT2D eigenvalue weighted by atomic mass is 9.98. The molecule has 1 aliphatic rings. The van der Waals surface area contributed by atoms with E-state index in [4.69, 9.17) is 10.00 Å². The van der Waals surface area contributed by atoms with Crippen LogP contribution in [0.5, 0.6) is 0 Å². The van der Waals surface area contributed by atoms with Gasteiger partial charge in [-0.05, 0) is 18.9 Å². The molecule has 2 rings (SSSR count). The molecule has 2 heterocycles. The van der Waals surface area contributed by atoms with E-state index in [9.17, 15) is 4.79 Å². The summed E-state index contributed by atoms with van der Waals surface area (Å²) in [6.07, 6.45) is 3.27. The fourth-order valence-electron chi connectivity index (χ4n) is 2.08. The molecule has 0 aliphatic carbocycles. The first kappa shape index (κ1) is 12.3. The number of aromatic nitrogens is 2. The number of rotatable bonds is 2. The minimum atomic E-state index is -0.198. The van der Waals surface area contributed by atoms with E-state index in [-0.39, 0.29) is 11.9 Å². The highest BCUT2D eigenvalue weighted by Gasteiger charge is 2.27. The Kier molecular flexibility index (Phi) is 3.72. The molecule has 1 fully saturated rings. The number of nitrogens with zero attached hydrogens (tertiary/aromatic N) is 4. The lowest BCUT2D eigenvalue weighted by molar-refractivity contribution is -0.145. The first-order valence-electron chi connectivity index (χ1n) is 5.80. The number of anilines is 1. The summed E-state index contributed by atoms with van der Waals surface area (Å²) >= 11 is 0. The average molecular weight is 246 g/mol. The van der Waals surface area contributed by atoms with Gasteiger partial charge in [-0.25, -0.2) is 9.97 Å². The normalized spacial score (nSPS) is 19.1. The van der Waals surface area contributed by atoms with Gasteiger partial charge in [-0.1, -0.05) is 0 Å². The molecule has 1 aromatic heterocycles. The third-order valence-electron chi connectivity index (χ3n) is 3.00. The number of methoxy groups -OCH3 is 1. The summed E-state index contributed by atoms with van der Waals surface area (Å²) in [6.45, 7) is 1.34. The van der Waals surface area contributed by atoms with E-state index in [1.54, 1.807) is 12.3 Å². The van der Waals surface area contributed by atoms with Gasteiger partial charge in [0.1, 0.15) is 11.8 Å². The van der Waals surface area contributed by atoms with E-state index in [2.05, 4.69) is 9.97 Å². The van der Waals surface area contributed by atoms with Gasteiger partial charge in [0.15, 0.2) is 0 Å². The molecule has 6 heteroatoms. The Morgan fingerprint density at radius 2 is 2.50 bits per heavy atom. The van der Waals surface area contributed by atoms with Crippen LogP contribution >= 0.6 is 0 Å². The van der Waals surface area contributed by atoms with Crippen molar-refractivity contribution < 1.29 is 9.53 Å². The third kappa shape index (κ3) is 2.56. The second-order valence-electron chi connectivity index (χ2n) is 4.16. The maximum Gasteiger partial charge on any atom is 0.310 e. The average Bonchev–Trinajstić information content (AvgIpc) is 2.46. The van der Waals surface area contributed by atoms with Crippen LogP contribution in [0.25, 0.3) is 0 Å². The van der Waals surface area contributed by atoms with Crippen molar-refractivity contribution in [1.29, 1.82) is 5.26 Å². The van der Waals surface area contributed by atoms with Crippen molar-refractivity contribution in [3.8, 4) is 6.07 Å². The van der Waals surface area contributed by atoms with Crippen LogP contribution in [0.2, 0.25) is 0 Å². The SMILES string of the molecule is COC(=O)C1CCCN(c2nccc(C#N)n2)C1. The van der Waals surface area contributed by atoms with Gasteiger partial charge in [0.25, 0.3) is 0 Å². The molecule has 1 aliphatic heterocycles. The quantitative estimate of drug-likeness (QED) is 0.716. The Bertz CT molecular complexity index is 483. The van der Waals surface area contributed by atoms with Crippen LogP contribution in [0.15, 0.2) is 12.3 Å². The second-order valence-corrected chi connectivity index (χ2v) is 4.16. The van der Waals surface area contributed by atoms with Gasteiger partial charge in [0.05, 0.1) is 13.0 Å². The summed E-state index contributed by atoms with van der Waals surface area (Å²) in [5, 5.41) is 8.81. The van der Waals surface area contributed by atoms with Crippen LogP contribution in [-0.4, -0.2) is 36.1 Å². The topological polar surface area (TPSA) is 79.1 Å². The Morgan fingerprint density at radius 3 is 3.22 bits per heavy atom. The molecule has 0 saturated carbocycles. The molecule has 0 aromatic carbocycles. The number of hydrogen-bond donors (Lipinski definition) is 0. The Labute approximate surface area is 105 Å². The van der Waals surface area contributed by atoms with Crippen LogP contribution < -0.4 is 4.90 Å². The van der Waals surface area contributed by atoms with Crippen molar-refractivity contribution in [2.24, 2.45) is 5.92 Å². The van der Waals surface area contributed by atoms with E-state index in [0.29, 0.717) is 18.2 Å². The van der Waals surface area contributed by atoms with Crippen LogP contribution in [0.1, 0.15) is 18.5 Å². The molecule has 94 valence electrons. The van der Waals surface area contributed by atoms with Gasteiger partial charge in [0.2, 0.25) is 5.95 Å². The highest BCUT2D eigenvalue weighted by molar-refractivity contribution is 5.73. The summed E-state index contributed by atoms with van der Waals surface area (Å²) in [4.78, 5) is 21.7. The van der Waals surface area contributed by atoms with Crippen molar-refractivity contribution in [3.63, 3.8) is 0 Å². The number of carbonyl (C=O) groups is 1. The molecule has 0 N–H and O–H groups in total. The second kappa shape index (κ2) is 5.45. The fourth-order valence-corrected chi connectivity index (χ4v) is 2.08. The molecule has 0 amide bonds. The van der Waals surface area contributed by atoms with Gasteiger partial charge in [-0.2, -0.15) is 5.26 Å². The molecule has 0 spiro atoms. The number of hydrogen-bond acceptors (Lipinski definition) is 6. The molecule has 18 heavy (non-hydrogen) atoms. The summed E-state index contributed by atoms with van der Waals surface area (Å²) in [7, 11) is 1.40. The number of carbonyl (C=O) groups excluding carboxylic acids is 1. The zero-order valence-corrected chi connectivity index (χ0v) is 10.2. The van der Waals surface area contributed by atoms with Crippen LogP contribution in [0.4, 0.5) is 5.95 Å². The molecular weight excluding hydrogens is 232 g/mol. The molecule has 6 nitrogen and oxygen atoms in total. The predicted molar refractivity (Wildman–Crippen MR) is 63.7 cm³/mol. The molecule has 1 aromatic rings. The van der Waals surface area contributed by atoms with Gasteiger partial charge >= 0.3 is 5.97 Å². The first-order chi connectivity index (χ1) is 8.74. The highest BCUT2D eigenvalue weighted by Crippen LogP contribution is 2.21. The Morgan fingerprint density at radius 1 is 1.67 bits per heavy atom. The van der Waals surface area contributed by atoms with E-state index >= 15 is 0 Å². The summed E-state index contributed by atoms with van der Waals surface area (Å²) in [6, 6.07) is 3.54. The van der Waals surface area contributed by atoms with E-state index in [0.717, 1.165) is 19.4 Å². The number of piperidine rings is 1.